The van der Waals surface area contributed by atoms with Gasteiger partial charge in [0, 0.05) is 0 Å². The quantitative estimate of drug-likeness (QED) is 0.900. The fraction of sp³-hybridized carbons (Fsp3) is 0.167. The third-order valence-electron chi connectivity index (χ3n) is 2.51. The number of H-pyrrole nitrogens is 1. The highest BCUT2D eigenvalue weighted by Gasteiger charge is 2.14. The molecule has 0 amide bonds. The van der Waals surface area contributed by atoms with E-state index in [0.717, 1.165) is 0 Å². The fourth-order valence-corrected chi connectivity index (χ4v) is 1.76. The Bertz CT molecular complexity index is 669. The Morgan fingerprint density at radius 1 is 1.32 bits per heavy atom. The van der Waals surface area contributed by atoms with Gasteiger partial charge in [-0.15, -0.1) is 0 Å². The van der Waals surface area contributed by atoms with Crippen molar-refractivity contribution in [3.63, 3.8) is 0 Å². The van der Waals surface area contributed by atoms with Crippen LogP contribution in [0.3, 0.4) is 0 Å². The van der Waals surface area contributed by atoms with E-state index in [2.05, 4.69) is 25.9 Å². The maximum absolute atomic E-state index is 11.6. The van der Waals surface area contributed by atoms with Crippen LogP contribution in [0.5, 0.6) is 17.4 Å². The molecule has 2 aromatic rings. The monoisotopic (exact) mass is 326 g/mol. The number of ether oxygens (including phenoxy) is 2. The molecule has 0 fully saturated rings. The van der Waals surface area contributed by atoms with E-state index >= 15 is 0 Å². The summed E-state index contributed by atoms with van der Waals surface area (Å²) in [6, 6.07) is 5.07. The zero-order chi connectivity index (χ0) is 14.0. The Labute approximate surface area is 117 Å². The van der Waals surface area contributed by atoms with Crippen molar-refractivity contribution in [1.82, 2.24) is 9.97 Å². The molecule has 0 aliphatic carbocycles. The Hall–Kier alpha value is -2.02. The standard InChI is InChI=1S/C12H11BrN2O4/c1-18-6-3-4-8(19-2)7(5-6)10-14-11(16)9(13)12(17)15-10/h3-5H,1-2H3,(H2,14,15,16,17). The van der Waals surface area contributed by atoms with Gasteiger partial charge < -0.3 is 19.6 Å². The molecule has 2 N–H and O–H groups in total. The minimum Gasteiger partial charge on any atom is -0.497 e. The van der Waals surface area contributed by atoms with Gasteiger partial charge in [0.1, 0.15) is 21.8 Å². The number of aromatic nitrogens is 2. The van der Waals surface area contributed by atoms with Crippen molar-refractivity contribution in [2.24, 2.45) is 0 Å². The fourth-order valence-electron chi connectivity index (χ4n) is 1.57. The van der Waals surface area contributed by atoms with Crippen molar-refractivity contribution >= 4 is 15.9 Å². The summed E-state index contributed by atoms with van der Waals surface area (Å²) in [7, 11) is 3.03. The molecular weight excluding hydrogens is 316 g/mol. The highest BCUT2D eigenvalue weighted by molar-refractivity contribution is 9.10. The third-order valence-corrected chi connectivity index (χ3v) is 3.22. The van der Waals surface area contributed by atoms with Gasteiger partial charge in [-0.3, -0.25) is 4.79 Å². The normalized spacial score (nSPS) is 10.3. The lowest BCUT2D eigenvalue weighted by Gasteiger charge is -2.10. The van der Waals surface area contributed by atoms with Gasteiger partial charge in [0.25, 0.3) is 5.56 Å². The Kier molecular flexibility index (Phi) is 3.75. The van der Waals surface area contributed by atoms with E-state index in [9.17, 15) is 9.90 Å². The largest absolute Gasteiger partial charge is 0.497 e. The molecule has 1 aromatic carbocycles. The number of aromatic hydroxyl groups is 1. The summed E-state index contributed by atoms with van der Waals surface area (Å²) in [6.45, 7) is 0. The summed E-state index contributed by atoms with van der Waals surface area (Å²) in [4.78, 5) is 18.1. The Morgan fingerprint density at radius 3 is 2.63 bits per heavy atom. The number of methoxy groups -OCH3 is 2. The zero-order valence-electron chi connectivity index (χ0n) is 10.2. The topological polar surface area (TPSA) is 84.4 Å². The highest BCUT2D eigenvalue weighted by Crippen LogP contribution is 2.32. The number of halogens is 1. The van der Waals surface area contributed by atoms with Gasteiger partial charge in [-0.05, 0) is 34.1 Å². The van der Waals surface area contributed by atoms with Crippen LogP contribution < -0.4 is 15.0 Å². The van der Waals surface area contributed by atoms with Crippen LogP contribution in [0.4, 0.5) is 0 Å². The van der Waals surface area contributed by atoms with Crippen LogP contribution in [0, 0.1) is 0 Å². The van der Waals surface area contributed by atoms with Gasteiger partial charge in [-0.1, -0.05) is 0 Å². The van der Waals surface area contributed by atoms with Gasteiger partial charge in [-0.2, -0.15) is 4.98 Å². The lowest BCUT2D eigenvalue weighted by atomic mass is 10.1. The van der Waals surface area contributed by atoms with Gasteiger partial charge >= 0.3 is 0 Å². The zero-order valence-corrected chi connectivity index (χ0v) is 11.8. The molecule has 2 rings (SSSR count). The van der Waals surface area contributed by atoms with E-state index in [1.807, 2.05) is 0 Å². The molecular formula is C12H11BrN2O4. The van der Waals surface area contributed by atoms with E-state index in [-0.39, 0.29) is 16.2 Å². The van der Waals surface area contributed by atoms with Crippen LogP contribution >= 0.6 is 15.9 Å². The summed E-state index contributed by atoms with van der Waals surface area (Å²) in [5.74, 6) is 0.900. The minimum atomic E-state index is -0.479. The van der Waals surface area contributed by atoms with Gasteiger partial charge in [0.05, 0.1) is 19.8 Å². The molecule has 7 heteroatoms. The van der Waals surface area contributed by atoms with Gasteiger partial charge in [0.15, 0.2) is 0 Å². The third kappa shape index (κ3) is 2.55. The summed E-state index contributed by atoms with van der Waals surface area (Å²) in [5.41, 5.74) is 0.0362. The smallest absolute Gasteiger partial charge is 0.269 e. The van der Waals surface area contributed by atoms with Crippen LogP contribution in [0.2, 0.25) is 0 Å². The first kappa shape index (κ1) is 13.4. The van der Waals surface area contributed by atoms with Crippen LogP contribution in [-0.2, 0) is 0 Å². The first-order chi connectivity index (χ1) is 9.06. The summed E-state index contributed by atoms with van der Waals surface area (Å²) >= 11 is 2.94. The second kappa shape index (κ2) is 5.31. The van der Waals surface area contributed by atoms with Gasteiger partial charge in [0.2, 0.25) is 5.88 Å². The number of hydrogen-bond acceptors (Lipinski definition) is 5. The van der Waals surface area contributed by atoms with Crippen molar-refractivity contribution < 1.29 is 14.6 Å². The molecule has 0 atom stereocenters. The molecule has 0 unspecified atom stereocenters. The molecule has 0 saturated carbocycles. The van der Waals surface area contributed by atoms with Crippen molar-refractivity contribution in [3.8, 4) is 28.8 Å². The SMILES string of the molecule is COc1ccc(OC)c(-c2nc(O)c(Br)c(=O)[nH]2)c1. The van der Waals surface area contributed by atoms with Gasteiger partial charge in [-0.25, -0.2) is 0 Å². The van der Waals surface area contributed by atoms with Crippen molar-refractivity contribution in [1.29, 1.82) is 0 Å². The Balaban J connectivity index is 2.66. The molecule has 100 valence electrons. The molecule has 1 aromatic heterocycles. The van der Waals surface area contributed by atoms with E-state index < -0.39 is 5.56 Å². The molecule has 0 aliphatic rings. The number of nitrogens with one attached hydrogen (secondary N) is 1. The second-order valence-corrected chi connectivity index (χ2v) is 4.41. The first-order valence-corrected chi connectivity index (χ1v) is 6.07. The van der Waals surface area contributed by atoms with Crippen molar-refractivity contribution in [2.45, 2.75) is 0 Å². The average molecular weight is 327 g/mol. The molecule has 1 heterocycles. The first-order valence-electron chi connectivity index (χ1n) is 5.28. The number of aromatic amines is 1. The van der Waals surface area contributed by atoms with E-state index in [4.69, 9.17) is 9.47 Å². The predicted molar refractivity (Wildman–Crippen MR) is 72.8 cm³/mol. The number of benzene rings is 1. The molecule has 0 aliphatic heterocycles. The van der Waals surface area contributed by atoms with Crippen LogP contribution in [0.25, 0.3) is 11.4 Å². The number of hydrogen-bond donors (Lipinski definition) is 2. The van der Waals surface area contributed by atoms with Crippen LogP contribution in [-0.4, -0.2) is 29.3 Å². The summed E-state index contributed by atoms with van der Waals surface area (Å²) in [6.07, 6.45) is 0. The lowest BCUT2D eigenvalue weighted by Crippen LogP contribution is -2.10. The minimum absolute atomic E-state index is 0.0156. The number of rotatable bonds is 3. The maximum Gasteiger partial charge on any atom is 0.269 e. The van der Waals surface area contributed by atoms with Crippen molar-refractivity contribution in [3.05, 3.63) is 33.0 Å². The lowest BCUT2D eigenvalue weighted by molar-refractivity contribution is 0.404. The molecule has 6 nitrogen and oxygen atoms in total. The molecule has 19 heavy (non-hydrogen) atoms. The van der Waals surface area contributed by atoms with E-state index in [1.54, 1.807) is 18.2 Å². The predicted octanol–water partition coefficient (Wildman–Crippen LogP) is 1.92. The highest BCUT2D eigenvalue weighted by atomic mass is 79.9. The van der Waals surface area contributed by atoms with E-state index in [0.29, 0.717) is 17.1 Å². The van der Waals surface area contributed by atoms with E-state index in [1.165, 1.54) is 14.2 Å². The maximum atomic E-state index is 11.6. The van der Waals surface area contributed by atoms with Crippen LogP contribution in [0.15, 0.2) is 27.5 Å². The summed E-state index contributed by atoms with van der Waals surface area (Å²) in [5, 5.41) is 9.58. The van der Waals surface area contributed by atoms with Crippen LogP contribution in [0.1, 0.15) is 0 Å². The summed E-state index contributed by atoms with van der Waals surface area (Å²) < 4.78 is 10.3. The second-order valence-electron chi connectivity index (χ2n) is 3.62. The molecule has 0 radical (unpaired) electrons. The average Bonchev–Trinajstić information content (AvgIpc) is 2.43. The molecule has 0 bridgehead atoms. The van der Waals surface area contributed by atoms with Crippen molar-refractivity contribution in [2.75, 3.05) is 14.2 Å². The Morgan fingerprint density at radius 2 is 2.05 bits per heavy atom. The molecule has 0 saturated heterocycles. The number of nitrogens with zero attached hydrogens (tertiary/aromatic N) is 1. The molecule has 0 spiro atoms.